The number of imide groups is 1. The van der Waals surface area contributed by atoms with Crippen molar-refractivity contribution in [2.45, 2.75) is 23.1 Å². The number of halogens is 1. The van der Waals surface area contributed by atoms with Crippen molar-refractivity contribution in [2.24, 2.45) is 5.92 Å². The monoisotopic (exact) mass is 575 g/mol. The van der Waals surface area contributed by atoms with Gasteiger partial charge in [-0.2, -0.15) is 0 Å². The van der Waals surface area contributed by atoms with E-state index in [4.69, 9.17) is 4.74 Å². The van der Waals surface area contributed by atoms with E-state index in [2.05, 4.69) is 10.3 Å². The van der Waals surface area contributed by atoms with Gasteiger partial charge in [0.2, 0.25) is 11.8 Å². The molecule has 0 aliphatic carbocycles. The van der Waals surface area contributed by atoms with Crippen molar-refractivity contribution in [3.8, 4) is 5.75 Å². The van der Waals surface area contributed by atoms with Crippen molar-refractivity contribution in [3.63, 3.8) is 0 Å². The summed E-state index contributed by atoms with van der Waals surface area (Å²) in [6.45, 7) is 1.58. The lowest BCUT2D eigenvalue weighted by molar-refractivity contribution is -0.122. The maximum atomic E-state index is 13.9. The summed E-state index contributed by atoms with van der Waals surface area (Å²) < 4.78 is 19.1. The zero-order valence-corrected chi connectivity index (χ0v) is 22.7. The number of hydrogen-bond acceptors (Lipinski definition) is 7. The number of benzene rings is 3. The van der Waals surface area contributed by atoms with Crippen LogP contribution in [0.1, 0.15) is 21.9 Å². The largest absolute Gasteiger partial charge is 0.483 e. The summed E-state index contributed by atoms with van der Waals surface area (Å²) in [5.41, 5.74) is 2.51. The minimum absolute atomic E-state index is 0.283. The van der Waals surface area contributed by atoms with Gasteiger partial charge in [0, 0.05) is 22.0 Å². The Hall–Kier alpha value is -4.22. The number of hydrogen-bond donors (Lipinski definition) is 2. The van der Waals surface area contributed by atoms with Crippen molar-refractivity contribution in [1.29, 1.82) is 0 Å². The van der Waals surface area contributed by atoms with Gasteiger partial charge in [-0.05, 0) is 49.4 Å². The minimum atomic E-state index is -0.782. The topological polar surface area (TPSA) is 109 Å². The highest BCUT2D eigenvalue weighted by atomic mass is 32.2. The van der Waals surface area contributed by atoms with Crippen LogP contribution in [0.15, 0.2) is 82.6 Å². The number of amides is 3. The highest BCUT2D eigenvalue weighted by Gasteiger charge is 2.56. The number of thioether (sulfide) groups is 1. The molecular formula is C29H22FN3O5S2. The van der Waals surface area contributed by atoms with E-state index in [1.807, 2.05) is 19.1 Å². The van der Waals surface area contributed by atoms with Crippen LogP contribution >= 0.6 is 23.1 Å². The highest BCUT2D eigenvalue weighted by Crippen LogP contribution is 2.54. The number of aryl methyl sites for hydroxylation is 1. The lowest BCUT2D eigenvalue weighted by atomic mass is 9.82. The molecule has 40 heavy (non-hydrogen) atoms. The van der Waals surface area contributed by atoms with Gasteiger partial charge in [0.05, 0.1) is 16.6 Å². The number of ether oxygens (including phenoxy) is 1. The number of anilines is 2. The standard InChI is InChI=1S/C29H22FN3O5S2/c1-15-6-12-18(13-7-15)33-27(35)23-22(24-26(32-29(37)40-24)39-25(23)28(33)36)19-4-2-3-5-20(19)38-14-21(34)31-17-10-8-16(30)9-11-17/h2-13,22-23,25H,14H2,1H3,(H,31,34)(H,32,37)/t22-,23?,25?/m1/s1. The number of carbonyl (C=O) groups is 3. The van der Waals surface area contributed by atoms with Crippen LogP contribution in [-0.4, -0.2) is 34.6 Å². The van der Waals surface area contributed by atoms with Gasteiger partial charge >= 0.3 is 4.87 Å². The lowest BCUT2D eigenvalue weighted by Gasteiger charge is -2.30. The number of thiazole rings is 1. The van der Waals surface area contributed by atoms with Crippen LogP contribution in [0, 0.1) is 18.7 Å². The summed E-state index contributed by atoms with van der Waals surface area (Å²) in [5, 5.41) is 2.46. The molecule has 0 radical (unpaired) electrons. The molecule has 2 aliphatic heterocycles. The van der Waals surface area contributed by atoms with Gasteiger partial charge in [0.1, 0.15) is 16.8 Å². The van der Waals surface area contributed by atoms with Crippen molar-refractivity contribution < 1.29 is 23.5 Å². The predicted molar refractivity (Wildman–Crippen MR) is 151 cm³/mol. The van der Waals surface area contributed by atoms with E-state index in [9.17, 15) is 23.6 Å². The third-order valence-electron chi connectivity index (χ3n) is 6.86. The summed E-state index contributed by atoms with van der Waals surface area (Å²) >= 11 is 2.20. The van der Waals surface area contributed by atoms with Crippen LogP contribution in [0.3, 0.4) is 0 Å². The number of carbonyl (C=O) groups excluding carboxylic acids is 3. The summed E-state index contributed by atoms with van der Waals surface area (Å²) in [6, 6.07) is 19.5. The predicted octanol–water partition coefficient (Wildman–Crippen LogP) is 4.70. The Bertz CT molecular complexity index is 1680. The van der Waals surface area contributed by atoms with E-state index in [0.717, 1.165) is 16.9 Å². The number of H-pyrrole nitrogens is 1. The van der Waals surface area contributed by atoms with Crippen molar-refractivity contribution in [1.82, 2.24) is 4.98 Å². The second-order valence-electron chi connectivity index (χ2n) is 9.48. The average Bonchev–Trinajstić information content (AvgIpc) is 3.44. The normalized spacial score (nSPS) is 19.8. The molecule has 11 heteroatoms. The van der Waals surface area contributed by atoms with Crippen LogP contribution in [0.2, 0.25) is 0 Å². The first kappa shape index (κ1) is 26.0. The van der Waals surface area contributed by atoms with Crippen molar-refractivity contribution in [2.75, 3.05) is 16.8 Å². The molecule has 1 aromatic heterocycles. The summed E-state index contributed by atoms with van der Waals surface area (Å²) in [7, 11) is 0. The molecule has 3 atom stereocenters. The van der Waals surface area contributed by atoms with Gasteiger partial charge in [-0.15, -0.1) is 0 Å². The molecule has 2 N–H and O–H groups in total. The molecule has 2 aliphatic rings. The summed E-state index contributed by atoms with van der Waals surface area (Å²) in [4.78, 5) is 56.9. The molecule has 2 unspecified atom stereocenters. The van der Waals surface area contributed by atoms with E-state index >= 15 is 0 Å². The van der Waals surface area contributed by atoms with Crippen LogP contribution < -0.4 is 19.8 Å². The van der Waals surface area contributed by atoms with E-state index in [0.29, 0.717) is 32.6 Å². The van der Waals surface area contributed by atoms with E-state index < -0.39 is 28.8 Å². The molecule has 3 heterocycles. The molecule has 0 saturated carbocycles. The van der Waals surface area contributed by atoms with Gasteiger partial charge in [-0.1, -0.05) is 59.0 Å². The number of nitrogens with zero attached hydrogens (tertiary/aromatic N) is 1. The fraction of sp³-hybridized carbons (Fsp3) is 0.172. The molecule has 1 saturated heterocycles. The van der Waals surface area contributed by atoms with Crippen molar-refractivity contribution in [3.05, 3.63) is 104 Å². The second-order valence-corrected chi connectivity index (χ2v) is 11.6. The Kier molecular flexibility index (Phi) is 6.77. The number of fused-ring (bicyclic) bond motifs is 2. The number of para-hydroxylation sites is 1. The summed E-state index contributed by atoms with van der Waals surface area (Å²) in [5.74, 6) is -2.64. The number of nitrogens with one attached hydrogen (secondary N) is 2. The Morgan fingerprint density at radius 1 is 1.00 bits per heavy atom. The van der Waals surface area contributed by atoms with Gasteiger partial charge in [-0.3, -0.25) is 19.2 Å². The maximum Gasteiger partial charge on any atom is 0.305 e. The molecule has 1 fully saturated rings. The molecule has 8 nitrogen and oxygen atoms in total. The Labute approximate surface area is 236 Å². The first-order chi connectivity index (χ1) is 19.3. The zero-order valence-electron chi connectivity index (χ0n) is 21.1. The number of rotatable bonds is 6. The molecule has 3 amide bonds. The Morgan fingerprint density at radius 3 is 2.48 bits per heavy atom. The minimum Gasteiger partial charge on any atom is -0.483 e. The van der Waals surface area contributed by atoms with Gasteiger partial charge in [-0.25, -0.2) is 9.29 Å². The van der Waals surface area contributed by atoms with Gasteiger partial charge in [0.15, 0.2) is 6.61 Å². The highest BCUT2D eigenvalue weighted by molar-refractivity contribution is 8.00. The molecule has 0 spiro atoms. The summed E-state index contributed by atoms with van der Waals surface area (Å²) in [6.07, 6.45) is 0. The average molecular weight is 576 g/mol. The third-order valence-corrected chi connectivity index (χ3v) is 9.26. The lowest BCUT2D eigenvalue weighted by Crippen LogP contribution is -2.32. The zero-order chi connectivity index (χ0) is 28.0. The smallest absolute Gasteiger partial charge is 0.305 e. The Morgan fingerprint density at radius 2 is 1.73 bits per heavy atom. The third kappa shape index (κ3) is 4.71. The number of aromatic nitrogens is 1. The molecule has 0 bridgehead atoms. The molecule has 202 valence electrons. The van der Waals surface area contributed by atoms with E-state index in [1.54, 1.807) is 36.4 Å². The van der Waals surface area contributed by atoms with Crippen LogP contribution in [0.4, 0.5) is 15.8 Å². The second kappa shape index (κ2) is 10.4. The fourth-order valence-corrected chi connectivity index (χ4v) is 7.55. The van der Waals surface area contributed by atoms with Gasteiger partial charge in [0.25, 0.3) is 5.91 Å². The maximum absolute atomic E-state index is 13.9. The van der Waals surface area contributed by atoms with E-state index in [1.165, 1.54) is 40.9 Å². The van der Waals surface area contributed by atoms with Crippen LogP contribution in [0.25, 0.3) is 0 Å². The molecule has 4 aromatic rings. The quantitative estimate of drug-likeness (QED) is 0.323. The first-order valence-electron chi connectivity index (χ1n) is 12.4. The molecule has 6 rings (SSSR count). The molecular weight excluding hydrogens is 553 g/mol. The number of aromatic amines is 1. The van der Waals surface area contributed by atoms with Gasteiger partial charge < -0.3 is 15.0 Å². The Balaban J connectivity index is 1.33. The molecule has 3 aromatic carbocycles. The fourth-order valence-electron chi connectivity index (χ4n) is 5.04. The first-order valence-corrected chi connectivity index (χ1v) is 14.1. The van der Waals surface area contributed by atoms with Crippen molar-refractivity contribution >= 4 is 52.2 Å². The van der Waals surface area contributed by atoms with E-state index in [-0.39, 0.29) is 23.3 Å². The van der Waals surface area contributed by atoms with Crippen LogP contribution in [-0.2, 0) is 14.4 Å². The SMILES string of the molecule is Cc1ccc(N2C(=O)C3Sc4[nH]c(=O)sc4[C@H](c4ccccc4OCC(=O)Nc4ccc(F)cc4)C3C2=O)cc1. The van der Waals surface area contributed by atoms with Crippen LogP contribution in [0.5, 0.6) is 5.75 Å².